The summed E-state index contributed by atoms with van der Waals surface area (Å²) in [5.41, 5.74) is 2.90. The Morgan fingerprint density at radius 1 is 1.21 bits per heavy atom. The van der Waals surface area contributed by atoms with Crippen LogP contribution >= 0.6 is 0 Å². The van der Waals surface area contributed by atoms with Crippen LogP contribution in [0.4, 0.5) is 10.5 Å². The van der Waals surface area contributed by atoms with Crippen LogP contribution in [0.25, 0.3) is 0 Å². The zero-order chi connectivity index (χ0) is 20.2. The molecular formula is C21H30N6O2. The van der Waals surface area contributed by atoms with E-state index in [4.69, 9.17) is 0 Å². The van der Waals surface area contributed by atoms with E-state index in [0.717, 1.165) is 75.5 Å². The lowest BCUT2D eigenvalue weighted by Gasteiger charge is -2.32. The van der Waals surface area contributed by atoms with Gasteiger partial charge in [0.25, 0.3) is 0 Å². The Bertz CT molecular complexity index is 830. The summed E-state index contributed by atoms with van der Waals surface area (Å²) in [6.07, 6.45) is 4.58. The fourth-order valence-electron chi connectivity index (χ4n) is 4.18. The molecule has 0 radical (unpaired) electrons. The fourth-order valence-corrected chi connectivity index (χ4v) is 4.18. The van der Waals surface area contributed by atoms with Crippen molar-refractivity contribution < 1.29 is 9.90 Å². The first kappa shape index (κ1) is 19.8. The second-order valence-electron chi connectivity index (χ2n) is 8.29. The van der Waals surface area contributed by atoms with E-state index in [9.17, 15) is 9.90 Å². The predicted molar refractivity (Wildman–Crippen MR) is 110 cm³/mol. The molecule has 1 aromatic carbocycles. The van der Waals surface area contributed by atoms with E-state index in [0.29, 0.717) is 5.92 Å². The molecule has 2 aromatic rings. The number of nitrogens with zero attached hydrogens (tertiary/aromatic N) is 5. The lowest BCUT2D eigenvalue weighted by molar-refractivity contribution is 0.174. The number of carbonyl (C=O) groups is 1. The Kier molecular flexibility index (Phi) is 6.10. The lowest BCUT2D eigenvalue weighted by Crippen LogP contribution is -2.41. The van der Waals surface area contributed by atoms with Gasteiger partial charge in [0.2, 0.25) is 0 Å². The van der Waals surface area contributed by atoms with Gasteiger partial charge in [-0.1, -0.05) is 23.4 Å². The number of hydrogen-bond donors (Lipinski definition) is 2. The molecular weight excluding hydrogens is 368 g/mol. The van der Waals surface area contributed by atoms with Crippen LogP contribution in [-0.2, 0) is 13.1 Å². The van der Waals surface area contributed by atoms with Gasteiger partial charge in [-0.25, -0.2) is 4.79 Å². The van der Waals surface area contributed by atoms with E-state index in [1.54, 1.807) is 0 Å². The maximum atomic E-state index is 12.5. The molecule has 0 aliphatic carbocycles. The Hall–Kier alpha value is -2.45. The Balaban J connectivity index is 1.23. The number of aryl methyl sites for hydroxylation is 1. The molecule has 29 heavy (non-hydrogen) atoms. The van der Waals surface area contributed by atoms with E-state index in [-0.39, 0.29) is 12.1 Å². The standard InChI is InChI=1S/C21H30N6O2/c1-16-4-2-3-5-20(16)22-21(29)26-10-6-17(7-11-26)12-27-14-18(23-24-27)13-25-9-8-19(28)15-25/h2-5,14,17,19,28H,6-13,15H2,1H3,(H,22,29)/t19-/m1/s1. The number of benzene rings is 1. The second-order valence-corrected chi connectivity index (χ2v) is 8.29. The highest BCUT2D eigenvalue weighted by atomic mass is 16.3. The third-order valence-corrected chi connectivity index (χ3v) is 5.95. The molecule has 2 fully saturated rings. The van der Waals surface area contributed by atoms with Crippen LogP contribution in [0.3, 0.4) is 0 Å². The number of rotatable bonds is 5. The Labute approximate surface area is 171 Å². The summed E-state index contributed by atoms with van der Waals surface area (Å²) in [4.78, 5) is 16.7. The number of anilines is 1. The number of aromatic nitrogens is 3. The quantitative estimate of drug-likeness (QED) is 0.806. The molecule has 2 aliphatic heterocycles. The molecule has 2 aliphatic rings. The summed E-state index contributed by atoms with van der Waals surface area (Å²) in [5, 5.41) is 21.2. The van der Waals surface area contributed by atoms with Crippen molar-refractivity contribution in [1.82, 2.24) is 24.8 Å². The largest absolute Gasteiger partial charge is 0.392 e. The molecule has 2 amide bonds. The van der Waals surface area contributed by atoms with Gasteiger partial charge in [0, 0.05) is 51.2 Å². The summed E-state index contributed by atoms with van der Waals surface area (Å²) < 4.78 is 1.93. The van der Waals surface area contributed by atoms with Gasteiger partial charge in [-0.05, 0) is 43.7 Å². The van der Waals surface area contributed by atoms with E-state index in [1.165, 1.54) is 0 Å². The highest BCUT2D eigenvalue weighted by molar-refractivity contribution is 5.90. The Morgan fingerprint density at radius 3 is 2.72 bits per heavy atom. The number of carbonyl (C=O) groups excluding carboxylic acids is 1. The monoisotopic (exact) mass is 398 g/mol. The third-order valence-electron chi connectivity index (χ3n) is 5.95. The van der Waals surface area contributed by atoms with Crippen molar-refractivity contribution in [2.75, 3.05) is 31.5 Å². The smallest absolute Gasteiger partial charge is 0.321 e. The van der Waals surface area contributed by atoms with Crippen LogP contribution in [0.2, 0.25) is 0 Å². The van der Waals surface area contributed by atoms with Gasteiger partial charge in [0.1, 0.15) is 0 Å². The van der Waals surface area contributed by atoms with Crippen molar-refractivity contribution in [2.45, 2.75) is 45.4 Å². The number of amides is 2. The highest BCUT2D eigenvalue weighted by Gasteiger charge is 2.24. The van der Waals surface area contributed by atoms with Gasteiger partial charge in [0.15, 0.2) is 0 Å². The van der Waals surface area contributed by atoms with Crippen LogP contribution in [0, 0.1) is 12.8 Å². The summed E-state index contributed by atoms with van der Waals surface area (Å²) in [6.45, 7) is 6.73. The Morgan fingerprint density at radius 2 is 2.00 bits per heavy atom. The van der Waals surface area contributed by atoms with E-state index < -0.39 is 0 Å². The summed E-state index contributed by atoms with van der Waals surface area (Å²) in [5.74, 6) is 0.501. The average Bonchev–Trinajstić information content (AvgIpc) is 3.33. The number of nitrogens with one attached hydrogen (secondary N) is 1. The van der Waals surface area contributed by atoms with Gasteiger partial charge in [-0.2, -0.15) is 0 Å². The lowest BCUT2D eigenvalue weighted by atomic mass is 9.97. The molecule has 0 unspecified atom stereocenters. The topological polar surface area (TPSA) is 86.5 Å². The van der Waals surface area contributed by atoms with Crippen molar-refractivity contribution in [2.24, 2.45) is 5.92 Å². The van der Waals surface area contributed by atoms with Gasteiger partial charge < -0.3 is 15.3 Å². The number of aliphatic hydroxyl groups is 1. The maximum Gasteiger partial charge on any atom is 0.321 e. The molecule has 2 N–H and O–H groups in total. The van der Waals surface area contributed by atoms with Crippen molar-refractivity contribution in [3.8, 4) is 0 Å². The van der Waals surface area contributed by atoms with Crippen molar-refractivity contribution >= 4 is 11.7 Å². The minimum Gasteiger partial charge on any atom is -0.392 e. The maximum absolute atomic E-state index is 12.5. The minimum atomic E-state index is -0.210. The molecule has 156 valence electrons. The summed E-state index contributed by atoms with van der Waals surface area (Å²) in [7, 11) is 0. The molecule has 1 atom stereocenters. The normalized spacial score (nSPS) is 20.9. The number of para-hydroxylation sites is 1. The van der Waals surface area contributed by atoms with Crippen LogP contribution in [0.5, 0.6) is 0 Å². The number of urea groups is 1. The van der Waals surface area contributed by atoms with Crippen molar-refractivity contribution in [1.29, 1.82) is 0 Å². The van der Waals surface area contributed by atoms with Crippen LogP contribution in [-0.4, -0.2) is 68.2 Å². The number of piperidine rings is 1. The molecule has 4 rings (SSSR count). The van der Waals surface area contributed by atoms with E-state index in [2.05, 4.69) is 20.5 Å². The SMILES string of the molecule is Cc1ccccc1NC(=O)N1CCC(Cn2cc(CN3CC[C@@H](O)C3)nn2)CC1. The van der Waals surface area contributed by atoms with Gasteiger partial charge in [-0.15, -0.1) is 5.10 Å². The number of aliphatic hydroxyl groups excluding tert-OH is 1. The van der Waals surface area contributed by atoms with Gasteiger partial charge >= 0.3 is 6.03 Å². The fraction of sp³-hybridized carbons (Fsp3) is 0.571. The summed E-state index contributed by atoms with van der Waals surface area (Å²) >= 11 is 0. The molecule has 8 heteroatoms. The van der Waals surface area contributed by atoms with Crippen LogP contribution in [0.1, 0.15) is 30.5 Å². The number of hydrogen-bond acceptors (Lipinski definition) is 5. The van der Waals surface area contributed by atoms with E-state index in [1.807, 2.05) is 47.0 Å². The molecule has 0 spiro atoms. The molecule has 1 aromatic heterocycles. The van der Waals surface area contributed by atoms with Crippen LogP contribution < -0.4 is 5.32 Å². The molecule has 2 saturated heterocycles. The highest BCUT2D eigenvalue weighted by Crippen LogP contribution is 2.21. The second kappa shape index (κ2) is 8.92. The minimum absolute atomic E-state index is 0.0198. The summed E-state index contributed by atoms with van der Waals surface area (Å²) in [6, 6.07) is 7.83. The molecule has 3 heterocycles. The van der Waals surface area contributed by atoms with Crippen molar-refractivity contribution in [3.63, 3.8) is 0 Å². The first-order chi connectivity index (χ1) is 14.1. The van der Waals surface area contributed by atoms with Gasteiger partial charge in [-0.3, -0.25) is 9.58 Å². The first-order valence-electron chi connectivity index (χ1n) is 10.5. The van der Waals surface area contributed by atoms with Crippen molar-refractivity contribution in [3.05, 3.63) is 41.7 Å². The zero-order valence-electron chi connectivity index (χ0n) is 17.0. The predicted octanol–water partition coefficient (Wildman–Crippen LogP) is 2.10. The number of likely N-dealkylation sites (tertiary alicyclic amines) is 2. The number of β-amino-alcohol motifs (C(OH)–C–C–N with tert-alkyl or cyclic N) is 1. The molecule has 8 nitrogen and oxygen atoms in total. The average molecular weight is 399 g/mol. The van der Waals surface area contributed by atoms with Crippen LogP contribution in [0.15, 0.2) is 30.5 Å². The van der Waals surface area contributed by atoms with E-state index >= 15 is 0 Å². The van der Waals surface area contributed by atoms with Gasteiger partial charge in [0.05, 0.1) is 11.8 Å². The first-order valence-corrected chi connectivity index (χ1v) is 10.5. The zero-order valence-corrected chi connectivity index (χ0v) is 17.0. The third kappa shape index (κ3) is 5.13. The molecule has 0 saturated carbocycles. The molecule has 0 bridgehead atoms.